The van der Waals surface area contributed by atoms with Crippen LogP contribution in [0.2, 0.25) is 0 Å². The van der Waals surface area contributed by atoms with E-state index in [9.17, 15) is 4.79 Å². The molecule has 0 bridgehead atoms. The fourth-order valence-corrected chi connectivity index (χ4v) is 4.56. The summed E-state index contributed by atoms with van der Waals surface area (Å²) in [7, 11) is 1.69. The number of amides is 1. The second kappa shape index (κ2) is 6.98. The quantitative estimate of drug-likeness (QED) is 0.855. The molecule has 3 rings (SSSR count). The molecule has 3 nitrogen and oxygen atoms in total. The lowest BCUT2D eigenvalue weighted by Gasteiger charge is -2.16. The smallest absolute Gasteiger partial charge is 0.261 e. The van der Waals surface area contributed by atoms with Crippen LogP contribution in [0.4, 0.5) is 0 Å². The maximum absolute atomic E-state index is 12.6. The minimum absolute atomic E-state index is 0.0481. The van der Waals surface area contributed by atoms with Gasteiger partial charge in [-0.1, -0.05) is 19.9 Å². The van der Waals surface area contributed by atoms with Crippen LogP contribution in [0.1, 0.15) is 48.0 Å². The van der Waals surface area contributed by atoms with Gasteiger partial charge in [-0.2, -0.15) is 0 Å². The second-order valence-corrected chi connectivity index (χ2v) is 8.04. The average Bonchev–Trinajstić information content (AvgIpc) is 2.98. The van der Waals surface area contributed by atoms with Gasteiger partial charge >= 0.3 is 0 Å². The molecule has 1 aromatic heterocycles. The Labute approximate surface area is 148 Å². The second-order valence-electron chi connectivity index (χ2n) is 6.99. The summed E-state index contributed by atoms with van der Waals surface area (Å²) >= 11 is 1.60. The molecule has 1 aliphatic rings. The van der Waals surface area contributed by atoms with E-state index in [1.165, 1.54) is 21.6 Å². The van der Waals surface area contributed by atoms with E-state index < -0.39 is 0 Å². The first-order valence-electron chi connectivity index (χ1n) is 8.58. The van der Waals surface area contributed by atoms with Crippen molar-refractivity contribution in [3.05, 3.63) is 40.3 Å². The molecule has 1 N–H and O–H groups in total. The van der Waals surface area contributed by atoms with Crippen LogP contribution in [-0.4, -0.2) is 19.1 Å². The van der Waals surface area contributed by atoms with Crippen molar-refractivity contribution in [1.29, 1.82) is 0 Å². The van der Waals surface area contributed by atoms with Gasteiger partial charge in [-0.25, -0.2) is 0 Å². The van der Waals surface area contributed by atoms with Gasteiger partial charge in [0.15, 0.2) is 0 Å². The first kappa shape index (κ1) is 17.0. The molecular weight excluding hydrogens is 318 g/mol. The Balaban J connectivity index is 1.85. The van der Waals surface area contributed by atoms with Gasteiger partial charge < -0.3 is 10.1 Å². The van der Waals surface area contributed by atoms with Crippen LogP contribution in [0.5, 0.6) is 5.75 Å². The van der Waals surface area contributed by atoms with E-state index in [0.29, 0.717) is 5.92 Å². The molecule has 0 saturated heterocycles. The highest BCUT2D eigenvalue weighted by atomic mass is 32.1. The van der Waals surface area contributed by atoms with Gasteiger partial charge in [0.25, 0.3) is 5.91 Å². The molecule has 0 saturated carbocycles. The van der Waals surface area contributed by atoms with Gasteiger partial charge in [0.05, 0.1) is 12.0 Å². The summed E-state index contributed by atoms with van der Waals surface area (Å²) in [6.07, 6.45) is 3.02. The Kier molecular flexibility index (Phi) is 4.95. The van der Waals surface area contributed by atoms with Crippen molar-refractivity contribution in [1.82, 2.24) is 5.32 Å². The summed E-state index contributed by atoms with van der Waals surface area (Å²) in [6, 6.07) is 8.51. The van der Waals surface area contributed by atoms with Gasteiger partial charge in [0.1, 0.15) is 5.75 Å². The Morgan fingerprint density at radius 3 is 2.67 bits per heavy atom. The lowest BCUT2D eigenvalue weighted by molar-refractivity contribution is 0.0940. The SMILES string of the molecule is COc1ccc2c(c1)-c1sc(C(=O)N[C@@H](C)CC(C)C)cc1CC2. The third-order valence-electron chi connectivity index (χ3n) is 4.46. The van der Waals surface area contributed by atoms with Gasteiger partial charge in [-0.3, -0.25) is 4.79 Å². The summed E-state index contributed by atoms with van der Waals surface area (Å²) in [5.41, 5.74) is 3.84. The monoisotopic (exact) mass is 343 g/mol. The predicted molar refractivity (Wildman–Crippen MR) is 100 cm³/mol. The number of fused-ring (bicyclic) bond motifs is 3. The van der Waals surface area contributed by atoms with E-state index >= 15 is 0 Å². The van der Waals surface area contributed by atoms with Crippen LogP contribution in [0.3, 0.4) is 0 Å². The molecule has 128 valence electrons. The number of ether oxygens (including phenoxy) is 1. The van der Waals surface area contributed by atoms with Gasteiger partial charge in [-0.15, -0.1) is 11.3 Å². The molecule has 1 aliphatic carbocycles. The van der Waals surface area contributed by atoms with Crippen molar-refractivity contribution < 1.29 is 9.53 Å². The maximum Gasteiger partial charge on any atom is 0.261 e. The van der Waals surface area contributed by atoms with Crippen molar-refractivity contribution in [3.8, 4) is 16.2 Å². The van der Waals surface area contributed by atoms with E-state index in [4.69, 9.17) is 4.74 Å². The van der Waals surface area contributed by atoms with Crippen molar-refractivity contribution in [3.63, 3.8) is 0 Å². The van der Waals surface area contributed by atoms with Gasteiger partial charge in [-0.05, 0) is 67.0 Å². The molecule has 4 heteroatoms. The molecule has 24 heavy (non-hydrogen) atoms. The number of methoxy groups -OCH3 is 1. The van der Waals surface area contributed by atoms with E-state index in [1.807, 2.05) is 6.07 Å². The minimum atomic E-state index is 0.0481. The Bertz CT molecular complexity index is 748. The Hall–Kier alpha value is -1.81. The van der Waals surface area contributed by atoms with Crippen LogP contribution >= 0.6 is 11.3 Å². The highest BCUT2D eigenvalue weighted by Crippen LogP contribution is 2.41. The van der Waals surface area contributed by atoms with Crippen molar-refractivity contribution in [2.45, 2.75) is 46.1 Å². The van der Waals surface area contributed by atoms with E-state index in [0.717, 1.165) is 29.9 Å². The normalized spacial score (nSPS) is 14.0. The zero-order chi connectivity index (χ0) is 17.3. The third kappa shape index (κ3) is 3.48. The molecule has 1 heterocycles. The molecule has 1 atom stereocenters. The average molecular weight is 343 g/mol. The lowest BCUT2D eigenvalue weighted by atomic mass is 9.91. The highest BCUT2D eigenvalue weighted by molar-refractivity contribution is 7.17. The van der Waals surface area contributed by atoms with Crippen LogP contribution in [0.25, 0.3) is 10.4 Å². The van der Waals surface area contributed by atoms with Crippen molar-refractivity contribution >= 4 is 17.2 Å². The molecule has 0 fully saturated rings. The first-order chi connectivity index (χ1) is 11.5. The largest absolute Gasteiger partial charge is 0.497 e. The van der Waals surface area contributed by atoms with Gasteiger partial charge in [0.2, 0.25) is 0 Å². The zero-order valence-electron chi connectivity index (χ0n) is 14.8. The molecule has 0 radical (unpaired) electrons. The summed E-state index contributed by atoms with van der Waals surface area (Å²) in [5.74, 6) is 1.50. The number of hydrogen-bond donors (Lipinski definition) is 1. The Morgan fingerprint density at radius 2 is 1.96 bits per heavy atom. The summed E-state index contributed by atoms with van der Waals surface area (Å²) in [4.78, 5) is 14.6. The molecule has 1 aromatic carbocycles. The highest BCUT2D eigenvalue weighted by Gasteiger charge is 2.22. The third-order valence-corrected chi connectivity index (χ3v) is 5.67. The van der Waals surface area contributed by atoms with Crippen LogP contribution in [-0.2, 0) is 12.8 Å². The van der Waals surface area contributed by atoms with Crippen molar-refractivity contribution in [2.75, 3.05) is 7.11 Å². The fraction of sp³-hybridized carbons (Fsp3) is 0.450. The number of thiophene rings is 1. The maximum atomic E-state index is 12.6. The first-order valence-corrected chi connectivity index (χ1v) is 9.40. The molecule has 0 unspecified atom stereocenters. The molecule has 0 spiro atoms. The molecular formula is C20H25NO2S. The Morgan fingerprint density at radius 1 is 1.21 bits per heavy atom. The summed E-state index contributed by atoms with van der Waals surface area (Å²) in [6.45, 7) is 6.43. The van der Waals surface area contributed by atoms with E-state index in [1.54, 1.807) is 18.4 Å². The van der Waals surface area contributed by atoms with Crippen LogP contribution < -0.4 is 10.1 Å². The lowest BCUT2D eigenvalue weighted by Crippen LogP contribution is -2.32. The number of rotatable bonds is 5. The van der Waals surface area contributed by atoms with Gasteiger partial charge in [0, 0.05) is 10.9 Å². The zero-order valence-corrected chi connectivity index (χ0v) is 15.6. The number of aryl methyl sites for hydroxylation is 2. The molecule has 2 aromatic rings. The standard InChI is InChI=1S/C20H25NO2S/c1-12(2)9-13(3)21-20(22)18-10-15-6-5-14-7-8-16(23-4)11-17(14)19(15)24-18/h7-8,10-13H,5-6,9H2,1-4H3,(H,21,22)/t13-/m0/s1. The number of nitrogens with one attached hydrogen (secondary N) is 1. The molecule has 0 aliphatic heterocycles. The topological polar surface area (TPSA) is 38.3 Å². The number of hydrogen-bond acceptors (Lipinski definition) is 3. The van der Waals surface area contributed by atoms with Crippen LogP contribution in [0, 0.1) is 5.92 Å². The number of benzene rings is 1. The number of carbonyl (C=O) groups is 1. The summed E-state index contributed by atoms with van der Waals surface area (Å²) < 4.78 is 5.36. The number of carbonyl (C=O) groups excluding carboxylic acids is 1. The van der Waals surface area contributed by atoms with E-state index in [-0.39, 0.29) is 11.9 Å². The predicted octanol–water partition coefficient (Wildman–Crippen LogP) is 4.69. The fourth-order valence-electron chi connectivity index (χ4n) is 3.40. The van der Waals surface area contributed by atoms with Crippen LogP contribution in [0.15, 0.2) is 24.3 Å². The molecule has 1 amide bonds. The van der Waals surface area contributed by atoms with Crippen molar-refractivity contribution in [2.24, 2.45) is 5.92 Å². The minimum Gasteiger partial charge on any atom is -0.497 e. The summed E-state index contributed by atoms with van der Waals surface area (Å²) in [5, 5.41) is 3.13. The van der Waals surface area contributed by atoms with E-state index in [2.05, 4.69) is 44.3 Å².